The van der Waals surface area contributed by atoms with Crippen LogP contribution in [0.25, 0.3) is 0 Å². The van der Waals surface area contributed by atoms with Crippen molar-refractivity contribution in [3.8, 4) is 11.8 Å². The van der Waals surface area contributed by atoms with Gasteiger partial charge in [0.05, 0.1) is 18.2 Å². The molecule has 2 aromatic rings. The Balaban J connectivity index is 0.00000280. The maximum absolute atomic E-state index is 8.90. The van der Waals surface area contributed by atoms with Gasteiger partial charge in [0.2, 0.25) is 0 Å². The third-order valence-corrected chi connectivity index (χ3v) is 4.62. The number of ether oxygens (including phenoxy) is 1. The van der Waals surface area contributed by atoms with Crippen molar-refractivity contribution in [3.05, 3.63) is 65.7 Å². The first kappa shape index (κ1) is 22.0. The van der Waals surface area contributed by atoms with Crippen molar-refractivity contribution in [2.75, 3.05) is 19.6 Å². The lowest BCUT2D eigenvalue weighted by Gasteiger charge is -2.34. The van der Waals surface area contributed by atoms with Gasteiger partial charge < -0.3 is 15.0 Å². The minimum atomic E-state index is 0. The summed E-state index contributed by atoms with van der Waals surface area (Å²) in [5, 5.41) is 12.3. The van der Waals surface area contributed by atoms with Crippen LogP contribution in [0.1, 0.15) is 30.9 Å². The molecule has 0 aromatic heterocycles. The molecule has 1 aliphatic rings. The Morgan fingerprint density at radius 2 is 1.82 bits per heavy atom. The molecular weight excluding hydrogens is 463 g/mol. The van der Waals surface area contributed by atoms with Crippen LogP contribution in [0.5, 0.6) is 5.75 Å². The Labute approximate surface area is 184 Å². The molecular formula is C22H27IN4O. The summed E-state index contributed by atoms with van der Waals surface area (Å²) in [6, 6.07) is 19.8. The van der Waals surface area contributed by atoms with E-state index >= 15 is 0 Å². The molecule has 148 valence electrons. The van der Waals surface area contributed by atoms with Gasteiger partial charge in [-0.3, -0.25) is 0 Å². The number of benzene rings is 2. The molecule has 0 aliphatic carbocycles. The number of guanidine groups is 1. The molecule has 3 rings (SSSR count). The van der Waals surface area contributed by atoms with Crippen molar-refractivity contribution in [1.29, 1.82) is 5.26 Å². The second-order valence-corrected chi connectivity index (χ2v) is 6.60. The number of hydrogen-bond donors (Lipinski definition) is 1. The highest BCUT2D eigenvalue weighted by molar-refractivity contribution is 14.0. The number of nitrogens with one attached hydrogen (secondary N) is 1. The van der Waals surface area contributed by atoms with Crippen LogP contribution in [0, 0.1) is 11.3 Å². The van der Waals surface area contributed by atoms with Crippen LogP contribution in [0.2, 0.25) is 0 Å². The summed E-state index contributed by atoms with van der Waals surface area (Å²) in [7, 11) is 0. The zero-order chi connectivity index (χ0) is 18.9. The zero-order valence-electron chi connectivity index (χ0n) is 16.2. The highest BCUT2D eigenvalue weighted by Gasteiger charge is 2.22. The van der Waals surface area contributed by atoms with E-state index in [0.717, 1.165) is 49.7 Å². The Kier molecular flexibility index (Phi) is 9.08. The van der Waals surface area contributed by atoms with E-state index < -0.39 is 0 Å². The van der Waals surface area contributed by atoms with Crippen LogP contribution in [0.4, 0.5) is 0 Å². The van der Waals surface area contributed by atoms with Gasteiger partial charge in [-0.1, -0.05) is 30.3 Å². The molecule has 28 heavy (non-hydrogen) atoms. The number of aliphatic imine (C=N–C) groups is 1. The average Bonchev–Trinajstić information content (AvgIpc) is 2.73. The van der Waals surface area contributed by atoms with Crippen LogP contribution in [-0.2, 0) is 6.54 Å². The van der Waals surface area contributed by atoms with Crippen molar-refractivity contribution in [2.24, 2.45) is 4.99 Å². The highest BCUT2D eigenvalue weighted by atomic mass is 127. The van der Waals surface area contributed by atoms with Crippen LogP contribution >= 0.6 is 24.0 Å². The lowest BCUT2D eigenvalue weighted by Crippen LogP contribution is -2.47. The SMILES string of the molecule is CCNC(=NCc1ccc(C#N)cc1)N1CCC(Oc2ccccc2)CC1.I. The van der Waals surface area contributed by atoms with Gasteiger partial charge in [-0.05, 0) is 36.8 Å². The first-order valence-corrected chi connectivity index (χ1v) is 9.52. The molecule has 2 aromatic carbocycles. The largest absolute Gasteiger partial charge is 0.490 e. The molecule has 0 spiro atoms. The summed E-state index contributed by atoms with van der Waals surface area (Å²) in [5.41, 5.74) is 1.78. The molecule has 1 heterocycles. The normalized spacial score (nSPS) is 14.7. The number of likely N-dealkylation sites (tertiary alicyclic amines) is 1. The van der Waals surface area contributed by atoms with Gasteiger partial charge in [0.25, 0.3) is 0 Å². The number of piperidine rings is 1. The van der Waals surface area contributed by atoms with Crippen molar-refractivity contribution < 1.29 is 4.74 Å². The topological polar surface area (TPSA) is 60.7 Å². The summed E-state index contributed by atoms with van der Waals surface area (Å²) >= 11 is 0. The quantitative estimate of drug-likeness (QED) is 0.388. The lowest BCUT2D eigenvalue weighted by atomic mass is 10.1. The lowest BCUT2D eigenvalue weighted by molar-refractivity contribution is 0.129. The fraction of sp³-hybridized carbons (Fsp3) is 0.364. The van der Waals surface area contributed by atoms with Gasteiger partial charge >= 0.3 is 0 Å². The molecule has 5 nitrogen and oxygen atoms in total. The van der Waals surface area contributed by atoms with E-state index in [2.05, 4.69) is 23.2 Å². The van der Waals surface area contributed by atoms with Crippen molar-refractivity contribution in [1.82, 2.24) is 10.2 Å². The first-order chi connectivity index (χ1) is 13.3. The Morgan fingerprint density at radius 1 is 1.14 bits per heavy atom. The molecule has 1 aliphatic heterocycles. The molecule has 0 amide bonds. The molecule has 1 N–H and O–H groups in total. The molecule has 1 fully saturated rings. The minimum absolute atomic E-state index is 0. The van der Waals surface area contributed by atoms with Gasteiger partial charge in [0.15, 0.2) is 5.96 Å². The second-order valence-electron chi connectivity index (χ2n) is 6.60. The summed E-state index contributed by atoms with van der Waals surface area (Å²) in [6.07, 6.45) is 2.22. The first-order valence-electron chi connectivity index (χ1n) is 9.52. The predicted octanol–water partition coefficient (Wildman–Crippen LogP) is 4.19. The Morgan fingerprint density at radius 3 is 2.43 bits per heavy atom. The number of para-hydroxylation sites is 1. The predicted molar refractivity (Wildman–Crippen MR) is 123 cm³/mol. The summed E-state index contributed by atoms with van der Waals surface area (Å²) in [6.45, 7) is 5.39. The van der Waals surface area contributed by atoms with Crippen LogP contribution < -0.4 is 10.1 Å². The number of rotatable bonds is 5. The van der Waals surface area contributed by atoms with Gasteiger partial charge in [-0.25, -0.2) is 4.99 Å². The Hall–Kier alpha value is -2.27. The molecule has 0 unspecified atom stereocenters. The second kappa shape index (κ2) is 11.5. The summed E-state index contributed by atoms with van der Waals surface area (Å²) in [5.74, 6) is 1.89. The third-order valence-electron chi connectivity index (χ3n) is 4.62. The smallest absolute Gasteiger partial charge is 0.194 e. The van der Waals surface area contributed by atoms with Crippen molar-refractivity contribution in [3.63, 3.8) is 0 Å². The minimum Gasteiger partial charge on any atom is -0.490 e. The number of nitrogens with zero attached hydrogens (tertiary/aromatic N) is 3. The standard InChI is InChI=1S/C22H26N4O.HI/c1-2-24-22(25-17-19-10-8-18(16-23)9-11-19)26-14-12-21(13-15-26)27-20-6-4-3-5-7-20;/h3-11,21H,2,12-15,17H2,1H3,(H,24,25);1H. The van der Waals surface area contributed by atoms with E-state index in [9.17, 15) is 0 Å². The molecule has 0 radical (unpaired) electrons. The fourth-order valence-corrected chi connectivity index (χ4v) is 3.15. The van der Waals surface area contributed by atoms with Crippen LogP contribution in [0.15, 0.2) is 59.6 Å². The van der Waals surface area contributed by atoms with Gasteiger partial charge in [0.1, 0.15) is 11.9 Å². The number of nitriles is 1. The molecule has 0 atom stereocenters. The van der Waals surface area contributed by atoms with E-state index in [-0.39, 0.29) is 30.1 Å². The molecule has 6 heteroatoms. The van der Waals surface area contributed by atoms with Gasteiger partial charge in [-0.15, -0.1) is 24.0 Å². The summed E-state index contributed by atoms with van der Waals surface area (Å²) in [4.78, 5) is 7.08. The molecule has 0 bridgehead atoms. The van der Waals surface area contributed by atoms with E-state index in [4.69, 9.17) is 15.0 Å². The molecule has 1 saturated heterocycles. The maximum Gasteiger partial charge on any atom is 0.194 e. The third kappa shape index (κ3) is 6.41. The monoisotopic (exact) mass is 490 g/mol. The summed E-state index contributed by atoms with van der Waals surface area (Å²) < 4.78 is 6.08. The molecule has 0 saturated carbocycles. The number of halogens is 1. The Bertz CT molecular complexity index is 778. The number of hydrogen-bond acceptors (Lipinski definition) is 3. The van der Waals surface area contributed by atoms with Crippen molar-refractivity contribution >= 4 is 29.9 Å². The highest BCUT2D eigenvalue weighted by Crippen LogP contribution is 2.19. The van der Waals surface area contributed by atoms with E-state index in [1.165, 1.54) is 0 Å². The zero-order valence-corrected chi connectivity index (χ0v) is 18.5. The maximum atomic E-state index is 8.90. The fourth-order valence-electron chi connectivity index (χ4n) is 3.15. The van der Waals surface area contributed by atoms with Gasteiger partial charge in [-0.2, -0.15) is 5.26 Å². The van der Waals surface area contributed by atoms with Crippen molar-refractivity contribution in [2.45, 2.75) is 32.4 Å². The van der Waals surface area contributed by atoms with Crippen LogP contribution in [0.3, 0.4) is 0 Å². The van der Waals surface area contributed by atoms with E-state index in [1.807, 2.05) is 54.6 Å². The average molecular weight is 490 g/mol. The van der Waals surface area contributed by atoms with Crippen LogP contribution in [-0.4, -0.2) is 36.6 Å². The van der Waals surface area contributed by atoms with Gasteiger partial charge in [0, 0.05) is 32.5 Å². The van der Waals surface area contributed by atoms with E-state index in [1.54, 1.807) is 0 Å². The van der Waals surface area contributed by atoms with E-state index in [0.29, 0.717) is 12.1 Å².